The standard InChI is InChI=1S/C20H19ClN2O2/c1-25-12-13-2-4-14(5-3-13)20(24)23-9-8-19-17(11-23)16-10-15(21)6-7-18(16)22-19/h2-7,10,22H,8-9,11-12H2,1H3. The average Bonchev–Trinajstić information content (AvgIpc) is 2.99. The summed E-state index contributed by atoms with van der Waals surface area (Å²) >= 11 is 6.15. The van der Waals surface area contributed by atoms with Crippen LogP contribution in [0.4, 0.5) is 0 Å². The molecule has 0 fully saturated rings. The van der Waals surface area contributed by atoms with Gasteiger partial charge < -0.3 is 14.6 Å². The van der Waals surface area contributed by atoms with Crippen molar-refractivity contribution in [3.8, 4) is 0 Å². The van der Waals surface area contributed by atoms with Crippen molar-refractivity contribution in [1.82, 2.24) is 9.88 Å². The van der Waals surface area contributed by atoms with E-state index >= 15 is 0 Å². The number of aromatic amines is 1. The second-order valence-corrected chi connectivity index (χ2v) is 6.82. The molecule has 0 aliphatic carbocycles. The Kier molecular flexibility index (Phi) is 4.24. The molecule has 1 N–H and O–H groups in total. The summed E-state index contributed by atoms with van der Waals surface area (Å²) in [5, 5.41) is 1.82. The number of hydrogen-bond donors (Lipinski definition) is 1. The Labute approximate surface area is 151 Å². The van der Waals surface area contributed by atoms with Gasteiger partial charge in [-0.25, -0.2) is 0 Å². The fourth-order valence-electron chi connectivity index (χ4n) is 3.45. The van der Waals surface area contributed by atoms with Crippen molar-refractivity contribution in [2.24, 2.45) is 0 Å². The van der Waals surface area contributed by atoms with E-state index < -0.39 is 0 Å². The SMILES string of the molecule is COCc1ccc(C(=O)N2CCc3[nH]c4ccc(Cl)cc4c3C2)cc1. The van der Waals surface area contributed by atoms with E-state index in [2.05, 4.69) is 4.98 Å². The quantitative estimate of drug-likeness (QED) is 0.767. The predicted molar refractivity (Wildman–Crippen MR) is 98.9 cm³/mol. The molecule has 128 valence electrons. The molecular formula is C20H19ClN2O2. The Morgan fingerprint density at radius 1 is 1.24 bits per heavy atom. The van der Waals surface area contributed by atoms with E-state index in [0.717, 1.165) is 22.9 Å². The van der Waals surface area contributed by atoms with E-state index in [0.29, 0.717) is 30.3 Å². The lowest BCUT2D eigenvalue weighted by Gasteiger charge is -2.27. The second-order valence-electron chi connectivity index (χ2n) is 6.38. The molecule has 0 radical (unpaired) electrons. The lowest BCUT2D eigenvalue weighted by atomic mass is 10.0. The minimum atomic E-state index is 0.0611. The number of hydrogen-bond acceptors (Lipinski definition) is 2. The predicted octanol–water partition coefficient (Wildman–Crippen LogP) is 4.17. The van der Waals surface area contributed by atoms with Crippen LogP contribution in [0.5, 0.6) is 0 Å². The van der Waals surface area contributed by atoms with Gasteiger partial charge in [-0.05, 0) is 35.9 Å². The minimum Gasteiger partial charge on any atom is -0.380 e. The van der Waals surface area contributed by atoms with Crippen LogP contribution in [0.25, 0.3) is 10.9 Å². The average molecular weight is 355 g/mol. The van der Waals surface area contributed by atoms with Crippen LogP contribution < -0.4 is 0 Å². The molecule has 25 heavy (non-hydrogen) atoms. The molecule has 0 unspecified atom stereocenters. The van der Waals surface area contributed by atoms with Crippen molar-refractivity contribution in [1.29, 1.82) is 0 Å². The smallest absolute Gasteiger partial charge is 0.254 e. The number of H-pyrrole nitrogens is 1. The maximum atomic E-state index is 12.9. The highest BCUT2D eigenvalue weighted by Gasteiger charge is 2.24. The van der Waals surface area contributed by atoms with Gasteiger partial charge in [0.05, 0.1) is 6.61 Å². The Morgan fingerprint density at radius 2 is 2.04 bits per heavy atom. The molecule has 5 heteroatoms. The van der Waals surface area contributed by atoms with Crippen molar-refractivity contribution in [3.05, 3.63) is 69.9 Å². The third-order valence-electron chi connectivity index (χ3n) is 4.74. The van der Waals surface area contributed by atoms with Gasteiger partial charge in [0.1, 0.15) is 0 Å². The maximum absolute atomic E-state index is 12.9. The number of fused-ring (bicyclic) bond motifs is 3. The normalized spacial score (nSPS) is 13.9. The van der Waals surface area contributed by atoms with Crippen LogP contribution in [0.2, 0.25) is 5.02 Å². The molecular weight excluding hydrogens is 336 g/mol. The highest BCUT2D eigenvalue weighted by molar-refractivity contribution is 6.31. The van der Waals surface area contributed by atoms with Crippen molar-refractivity contribution >= 4 is 28.4 Å². The number of amides is 1. The van der Waals surface area contributed by atoms with Gasteiger partial charge in [-0.15, -0.1) is 0 Å². The molecule has 0 bridgehead atoms. The summed E-state index contributed by atoms with van der Waals surface area (Å²) in [5.74, 6) is 0.0611. The number of halogens is 1. The number of carbonyl (C=O) groups excluding carboxylic acids is 1. The summed E-state index contributed by atoms with van der Waals surface area (Å²) in [6, 6.07) is 13.5. The maximum Gasteiger partial charge on any atom is 0.254 e. The highest BCUT2D eigenvalue weighted by Crippen LogP contribution is 2.30. The van der Waals surface area contributed by atoms with Crippen molar-refractivity contribution < 1.29 is 9.53 Å². The molecule has 1 aromatic heterocycles. The second kappa shape index (κ2) is 6.54. The van der Waals surface area contributed by atoms with Crippen LogP contribution in [-0.4, -0.2) is 29.4 Å². The third-order valence-corrected chi connectivity index (χ3v) is 4.97. The zero-order chi connectivity index (χ0) is 17.4. The Bertz CT molecular complexity index is 931. The van der Waals surface area contributed by atoms with Gasteiger partial charge in [-0.2, -0.15) is 0 Å². The lowest BCUT2D eigenvalue weighted by molar-refractivity contribution is 0.0735. The van der Waals surface area contributed by atoms with Gasteiger partial charge in [0.2, 0.25) is 0 Å². The van der Waals surface area contributed by atoms with Gasteiger partial charge in [-0.1, -0.05) is 23.7 Å². The first-order valence-corrected chi connectivity index (χ1v) is 8.69. The van der Waals surface area contributed by atoms with Crippen LogP contribution in [0, 0.1) is 0 Å². The highest BCUT2D eigenvalue weighted by atomic mass is 35.5. The number of rotatable bonds is 3. The number of carbonyl (C=O) groups is 1. The largest absolute Gasteiger partial charge is 0.380 e. The van der Waals surface area contributed by atoms with E-state index in [9.17, 15) is 4.79 Å². The van der Waals surface area contributed by atoms with Gasteiger partial charge in [0.25, 0.3) is 5.91 Å². The molecule has 2 heterocycles. The molecule has 1 aliphatic heterocycles. The first-order chi connectivity index (χ1) is 12.2. The Hall–Kier alpha value is -2.30. The number of aromatic nitrogens is 1. The molecule has 0 saturated heterocycles. The number of nitrogens with zero attached hydrogens (tertiary/aromatic N) is 1. The topological polar surface area (TPSA) is 45.3 Å². The monoisotopic (exact) mass is 354 g/mol. The molecule has 0 atom stereocenters. The Balaban J connectivity index is 1.60. The lowest BCUT2D eigenvalue weighted by Crippen LogP contribution is -2.35. The molecule has 3 aromatic rings. The Morgan fingerprint density at radius 3 is 2.80 bits per heavy atom. The molecule has 4 rings (SSSR count). The van der Waals surface area contributed by atoms with Gasteiger partial charge >= 0.3 is 0 Å². The van der Waals surface area contributed by atoms with E-state index in [-0.39, 0.29) is 5.91 Å². The molecule has 2 aromatic carbocycles. The summed E-state index contributed by atoms with van der Waals surface area (Å²) in [6.45, 7) is 1.87. The fourth-order valence-corrected chi connectivity index (χ4v) is 3.62. The molecule has 4 nitrogen and oxygen atoms in total. The van der Waals surface area contributed by atoms with Crippen LogP contribution >= 0.6 is 11.6 Å². The summed E-state index contributed by atoms with van der Waals surface area (Å²) in [6.07, 6.45) is 0.829. The molecule has 1 amide bonds. The summed E-state index contributed by atoms with van der Waals surface area (Å²) in [7, 11) is 1.66. The van der Waals surface area contributed by atoms with E-state index in [1.807, 2.05) is 47.4 Å². The molecule has 0 spiro atoms. The summed E-state index contributed by atoms with van der Waals surface area (Å²) in [5.41, 5.74) is 5.23. The zero-order valence-electron chi connectivity index (χ0n) is 14.0. The van der Waals surface area contributed by atoms with Gasteiger partial charge in [0.15, 0.2) is 0 Å². The van der Waals surface area contributed by atoms with Crippen molar-refractivity contribution in [2.45, 2.75) is 19.6 Å². The summed E-state index contributed by atoms with van der Waals surface area (Å²) < 4.78 is 5.12. The van der Waals surface area contributed by atoms with Gasteiger partial charge in [0, 0.05) is 59.4 Å². The van der Waals surface area contributed by atoms with Crippen LogP contribution in [0.3, 0.4) is 0 Å². The van der Waals surface area contributed by atoms with Crippen molar-refractivity contribution in [2.75, 3.05) is 13.7 Å². The first-order valence-electron chi connectivity index (χ1n) is 8.32. The van der Waals surface area contributed by atoms with Crippen LogP contribution in [-0.2, 0) is 24.3 Å². The van der Waals surface area contributed by atoms with Crippen molar-refractivity contribution in [3.63, 3.8) is 0 Å². The van der Waals surface area contributed by atoms with E-state index in [1.54, 1.807) is 7.11 Å². The van der Waals surface area contributed by atoms with E-state index in [1.165, 1.54) is 11.3 Å². The van der Waals surface area contributed by atoms with Crippen LogP contribution in [0.15, 0.2) is 42.5 Å². The van der Waals surface area contributed by atoms with Gasteiger partial charge in [-0.3, -0.25) is 4.79 Å². The molecule has 1 aliphatic rings. The number of methoxy groups -OCH3 is 1. The number of nitrogens with one attached hydrogen (secondary N) is 1. The minimum absolute atomic E-state index is 0.0611. The number of ether oxygens (including phenoxy) is 1. The third kappa shape index (κ3) is 3.03. The summed E-state index contributed by atoms with van der Waals surface area (Å²) in [4.78, 5) is 18.2. The number of benzene rings is 2. The zero-order valence-corrected chi connectivity index (χ0v) is 14.8. The fraction of sp³-hybridized carbons (Fsp3) is 0.250. The first kappa shape index (κ1) is 16.2. The van der Waals surface area contributed by atoms with E-state index in [4.69, 9.17) is 16.3 Å². The van der Waals surface area contributed by atoms with Crippen LogP contribution in [0.1, 0.15) is 27.2 Å². The molecule has 0 saturated carbocycles.